The first-order chi connectivity index (χ1) is 8.79. The first-order valence-electron chi connectivity index (χ1n) is 6.62. The van der Waals surface area contributed by atoms with Crippen molar-refractivity contribution in [1.29, 1.82) is 0 Å². The molecule has 0 bridgehead atoms. The van der Waals surface area contributed by atoms with Gasteiger partial charge in [-0.25, -0.2) is 0 Å². The third-order valence-corrected chi connectivity index (χ3v) is 3.78. The molecule has 0 unspecified atom stereocenters. The second-order valence-corrected chi connectivity index (χ2v) is 4.90. The maximum Gasteiger partial charge on any atom is 0.230 e. The van der Waals surface area contributed by atoms with E-state index in [1.807, 2.05) is 18.2 Å². The smallest absolute Gasteiger partial charge is 0.230 e. The molecule has 1 aliphatic rings. The minimum Gasteiger partial charge on any atom is -0.385 e. The van der Waals surface area contributed by atoms with E-state index >= 15 is 0 Å². The van der Waals surface area contributed by atoms with E-state index in [1.54, 1.807) is 7.11 Å². The van der Waals surface area contributed by atoms with Gasteiger partial charge in [0, 0.05) is 20.3 Å². The molecule has 0 spiro atoms. The summed E-state index contributed by atoms with van der Waals surface area (Å²) in [5.41, 5.74) is 0.884. The number of rotatable bonds is 6. The van der Waals surface area contributed by atoms with Crippen LogP contribution in [0.25, 0.3) is 0 Å². The van der Waals surface area contributed by atoms with Crippen molar-refractivity contribution in [3.05, 3.63) is 35.9 Å². The van der Waals surface area contributed by atoms with Gasteiger partial charge in [0.1, 0.15) is 0 Å². The van der Waals surface area contributed by atoms with Crippen molar-refractivity contribution in [1.82, 2.24) is 5.32 Å². The Balaban J connectivity index is 1.98. The first kappa shape index (κ1) is 13.1. The zero-order chi connectivity index (χ0) is 12.8. The Bertz CT molecular complexity index is 385. The summed E-state index contributed by atoms with van der Waals surface area (Å²) in [5.74, 6) is 0.177. The number of methoxy groups -OCH3 is 1. The Morgan fingerprint density at radius 1 is 1.33 bits per heavy atom. The van der Waals surface area contributed by atoms with Crippen molar-refractivity contribution in [2.24, 2.45) is 0 Å². The number of carbonyl (C=O) groups is 1. The third kappa shape index (κ3) is 2.56. The molecule has 0 saturated heterocycles. The van der Waals surface area contributed by atoms with Gasteiger partial charge in [0.2, 0.25) is 5.91 Å². The van der Waals surface area contributed by atoms with Gasteiger partial charge in [-0.3, -0.25) is 4.79 Å². The molecule has 1 aromatic rings. The van der Waals surface area contributed by atoms with Crippen LogP contribution < -0.4 is 5.32 Å². The second kappa shape index (κ2) is 6.01. The minimum absolute atomic E-state index is 0.177. The zero-order valence-electron chi connectivity index (χ0n) is 10.9. The molecular weight excluding hydrogens is 226 g/mol. The molecule has 18 heavy (non-hydrogen) atoms. The Kier molecular flexibility index (Phi) is 4.37. The minimum atomic E-state index is -0.270. The van der Waals surface area contributed by atoms with Crippen molar-refractivity contribution in [2.45, 2.75) is 31.1 Å². The van der Waals surface area contributed by atoms with Crippen LogP contribution in [0.5, 0.6) is 0 Å². The van der Waals surface area contributed by atoms with Crippen molar-refractivity contribution >= 4 is 5.91 Å². The number of hydrogen-bond donors (Lipinski definition) is 1. The van der Waals surface area contributed by atoms with Crippen molar-refractivity contribution in [3.8, 4) is 0 Å². The lowest BCUT2D eigenvalue weighted by Crippen LogP contribution is -2.49. The van der Waals surface area contributed by atoms with Crippen LogP contribution in [0.2, 0.25) is 0 Å². The standard InChI is InChI=1S/C15H21NO2/c1-18-12-6-11-16-14(17)15(9-5-10-15)13-7-3-2-4-8-13/h2-4,7-8H,5-6,9-12H2,1H3,(H,16,17). The van der Waals surface area contributed by atoms with Crippen LogP contribution in [0.15, 0.2) is 30.3 Å². The fraction of sp³-hybridized carbons (Fsp3) is 0.533. The monoisotopic (exact) mass is 247 g/mol. The van der Waals surface area contributed by atoms with E-state index in [1.165, 1.54) is 0 Å². The van der Waals surface area contributed by atoms with E-state index < -0.39 is 0 Å². The van der Waals surface area contributed by atoms with E-state index in [0.717, 1.165) is 31.2 Å². The molecule has 0 radical (unpaired) electrons. The summed E-state index contributed by atoms with van der Waals surface area (Å²) in [4.78, 5) is 12.4. The second-order valence-electron chi connectivity index (χ2n) is 4.90. The van der Waals surface area contributed by atoms with Gasteiger partial charge in [-0.15, -0.1) is 0 Å². The maximum atomic E-state index is 12.4. The van der Waals surface area contributed by atoms with Crippen LogP contribution in [0, 0.1) is 0 Å². The summed E-state index contributed by atoms with van der Waals surface area (Å²) < 4.78 is 4.98. The lowest BCUT2D eigenvalue weighted by atomic mass is 9.64. The van der Waals surface area contributed by atoms with E-state index in [-0.39, 0.29) is 11.3 Å². The summed E-state index contributed by atoms with van der Waals surface area (Å²) in [5, 5.41) is 3.04. The summed E-state index contributed by atoms with van der Waals surface area (Å²) in [6.45, 7) is 1.39. The number of ether oxygens (including phenoxy) is 1. The van der Waals surface area contributed by atoms with Crippen LogP contribution >= 0.6 is 0 Å². The van der Waals surface area contributed by atoms with Crippen molar-refractivity contribution in [2.75, 3.05) is 20.3 Å². The molecule has 3 nitrogen and oxygen atoms in total. The van der Waals surface area contributed by atoms with Crippen LogP contribution in [-0.4, -0.2) is 26.2 Å². The molecule has 1 aliphatic carbocycles. The van der Waals surface area contributed by atoms with Crippen LogP contribution in [0.3, 0.4) is 0 Å². The first-order valence-corrected chi connectivity index (χ1v) is 6.62. The van der Waals surface area contributed by atoms with Crippen LogP contribution in [-0.2, 0) is 14.9 Å². The maximum absolute atomic E-state index is 12.4. The van der Waals surface area contributed by atoms with Gasteiger partial charge in [-0.1, -0.05) is 36.8 Å². The Labute approximate surface area is 109 Å². The van der Waals surface area contributed by atoms with Gasteiger partial charge < -0.3 is 10.1 Å². The molecule has 1 amide bonds. The fourth-order valence-electron chi connectivity index (χ4n) is 2.52. The van der Waals surface area contributed by atoms with Gasteiger partial charge in [-0.05, 0) is 24.8 Å². The highest BCUT2D eigenvalue weighted by Gasteiger charge is 2.45. The summed E-state index contributed by atoms with van der Waals surface area (Å²) in [7, 11) is 1.68. The summed E-state index contributed by atoms with van der Waals surface area (Å²) in [6, 6.07) is 10.1. The molecule has 0 atom stereocenters. The number of hydrogen-bond acceptors (Lipinski definition) is 2. The van der Waals surface area contributed by atoms with Gasteiger partial charge >= 0.3 is 0 Å². The predicted molar refractivity (Wildman–Crippen MR) is 71.5 cm³/mol. The number of benzene rings is 1. The van der Waals surface area contributed by atoms with Gasteiger partial charge in [0.05, 0.1) is 5.41 Å². The van der Waals surface area contributed by atoms with Crippen LogP contribution in [0.4, 0.5) is 0 Å². The molecule has 1 saturated carbocycles. The Hall–Kier alpha value is -1.35. The quantitative estimate of drug-likeness (QED) is 0.783. The molecule has 0 aromatic heterocycles. The highest BCUT2D eigenvalue weighted by atomic mass is 16.5. The number of carbonyl (C=O) groups excluding carboxylic acids is 1. The van der Waals surface area contributed by atoms with E-state index in [0.29, 0.717) is 13.2 Å². The third-order valence-electron chi connectivity index (χ3n) is 3.78. The lowest BCUT2D eigenvalue weighted by Gasteiger charge is -2.40. The van der Waals surface area contributed by atoms with E-state index in [9.17, 15) is 4.79 Å². The SMILES string of the molecule is COCCCNC(=O)C1(c2ccccc2)CCC1. The molecule has 0 aliphatic heterocycles. The highest BCUT2D eigenvalue weighted by molar-refractivity contribution is 5.89. The molecule has 1 aromatic carbocycles. The number of amides is 1. The number of nitrogens with one attached hydrogen (secondary N) is 1. The highest BCUT2D eigenvalue weighted by Crippen LogP contribution is 2.43. The molecule has 98 valence electrons. The molecule has 3 heteroatoms. The summed E-state index contributed by atoms with van der Waals surface area (Å²) >= 11 is 0. The van der Waals surface area contributed by atoms with E-state index in [2.05, 4.69) is 17.4 Å². The predicted octanol–water partition coefficient (Wildman–Crippen LogP) is 2.26. The summed E-state index contributed by atoms with van der Waals surface area (Å²) in [6.07, 6.45) is 3.94. The molecule has 1 N–H and O–H groups in total. The lowest BCUT2D eigenvalue weighted by molar-refractivity contribution is -0.129. The molecule has 0 heterocycles. The van der Waals surface area contributed by atoms with Crippen molar-refractivity contribution < 1.29 is 9.53 Å². The van der Waals surface area contributed by atoms with Crippen molar-refractivity contribution in [3.63, 3.8) is 0 Å². The van der Waals surface area contributed by atoms with Gasteiger partial charge in [0.15, 0.2) is 0 Å². The zero-order valence-corrected chi connectivity index (χ0v) is 10.9. The largest absolute Gasteiger partial charge is 0.385 e. The Morgan fingerprint density at radius 3 is 2.61 bits per heavy atom. The normalized spacial score (nSPS) is 16.9. The molecular formula is C15H21NO2. The fourth-order valence-corrected chi connectivity index (χ4v) is 2.52. The molecule has 2 rings (SSSR count). The van der Waals surface area contributed by atoms with Crippen LogP contribution in [0.1, 0.15) is 31.2 Å². The average molecular weight is 247 g/mol. The van der Waals surface area contributed by atoms with Gasteiger partial charge in [0.25, 0.3) is 0 Å². The van der Waals surface area contributed by atoms with E-state index in [4.69, 9.17) is 4.74 Å². The Morgan fingerprint density at radius 2 is 2.06 bits per heavy atom. The van der Waals surface area contributed by atoms with Gasteiger partial charge in [-0.2, -0.15) is 0 Å². The molecule has 1 fully saturated rings. The average Bonchev–Trinajstić information content (AvgIpc) is 2.35. The topological polar surface area (TPSA) is 38.3 Å².